The first-order chi connectivity index (χ1) is 6.99. The van der Waals surface area contributed by atoms with Gasteiger partial charge in [0.15, 0.2) is 0 Å². The Labute approximate surface area is 88.6 Å². The molecule has 0 aliphatic rings. The van der Waals surface area contributed by atoms with E-state index in [1.54, 1.807) is 12.2 Å². The molecule has 0 bridgehead atoms. The fourth-order valence-corrected chi connectivity index (χ4v) is 1.05. The zero-order chi connectivity index (χ0) is 11.7. The van der Waals surface area contributed by atoms with E-state index in [1.807, 2.05) is 13.8 Å². The minimum atomic E-state index is -4.30. The van der Waals surface area contributed by atoms with Gasteiger partial charge in [0.05, 0.1) is 12.3 Å². The number of ether oxygens (including phenoxy) is 1. The van der Waals surface area contributed by atoms with Crippen molar-refractivity contribution in [1.29, 1.82) is 0 Å². The number of alkyl halides is 3. The lowest BCUT2D eigenvalue weighted by atomic mass is 10.1. The van der Waals surface area contributed by atoms with Crippen LogP contribution in [-0.4, -0.2) is 12.3 Å². The van der Waals surface area contributed by atoms with Crippen molar-refractivity contribution in [2.24, 2.45) is 0 Å². The van der Waals surface area contributed by atoms with Crippen LogP contribution in [0.4, 0.5) is 13.2 Å². The van der Waals surface area contributed by atoms with Crippen molar-refractivity contribution in [3.05, 3.63) is 24.5 Å². The summed E-state index contributed by atoms with van der Waals surface area (Å²) in [7, 11) is 0. The fraction of sp³-hybridized carbons (Fsp3) is 0.636. The molecule has 0 aliphatic carbocycles. The molecule has 0 aromatic carbocycles. The second kappa shape index (κ2) is 7.37. The van der Waals surface area contributed by atoms with Crippen LogP contribution in [0.2, 0.25) is 0 Å². The fourth-order valence-electron chi connectivity index (χ4n) is 1.05. The van der Waals surface area contributed by atoms with E-state index in [4.69, 9.17) is 4.74 Å². The first kappa shape index (κ1) is 14.1. The van der Waals surface area contributed by atoms with Gasteiger partial charge in [0.1, 0.15) is 6.10 Å². The predicted octanol–water partition coefficient (Wildman–Crippen LogP) is 4.21. The van der Waals surface area contributed by atoms with Gasteiger partial charge in [0, 0.05) is 0 Å². The monoisotopic (exact) mass is 222 g/mol. The highest BCUT2D eigenvalue weighted by atomic mass is 19.4. The van der Waals surface area contributed by atoms with Crippen molar-refractivity contribution in [3.63, 3.8) is 0 Å². The molecule has 0 aromatic heterocycles. The van der Waals surface area contributed by atoms with Crippen LogP contribution < -0.4 is 0 Å². The molecule has 0 spiro atoms. The summed E-state index contributed by atoms with van der Waals surface area (Å²) in [6, 6.07) is 0. The van der Waals surface area contributed by atoms with Gasteiger partial charge in [-0.1, -0.05) is 19.4 Å². The largest absolute Gasteiger partial charge is 0.494 e. The predicted molar refractivity (Wildman–Crippen MR) is 54.4 cm³/mol. The quantitative estimate of drug-likeness (QED) is 0.483. The van der Waals surface area contributed by atoms with E-state index >= 15 is 0 Å². The van der Waals surface area contributed by atoms with Crippen molar-refractivity contribution in [1.82, 2.24) is 0 Å². The third-order valence-corrected chi connectivity index (χ3v) is 1.76. The Bertz CT molecular complexity index is 206. The van der Waals surface area contributed by atoms with E-state index in [-0.39, 0.29) is 12.2 Å². The number of allylic oxidation sites excluding steroid dienone is 2. The zero-order valence-corrected chi connectivity index (χ0v) is 9.05. The van der Waals surface area contributed by atoms with Crippen LogP contribution in [0.15, 0.2) is 24.5 Å². The van der Waals surface area contributed by atoms with Gasteiger partial charge in [0.2, 0.25) is 0 Å². The van der Waals surface area contributed by atoms with E-state index in [1.165, 1.54) is 0 Å². The van der Waals surface area contributed by atoms with Crippen LogP contribution in [-0.2, 0) is 4.74 Å². The maximum atomic E-state index is 11.8. The highest BCUT2D eigenvalue weighted by Crippen LogP contribution is 2.16. The first-order valence-corrected chi connectivity index (χ1v) is 5.02. The summed E-state index contributed by atoms with van der Waals surface area (Å²) in [5, 5.41) is 0. The standard InChI is InChI=1S/C11H17F3O/c1-3-5-7-10(6-4-2)15-9-8-11(12,13)14/h4,6,8-10H,3,5,7H2,1-2H3/b6-4+,9-8+. The minimum Gasteiger partial charge on any atom is -0.494 e. The molecule has 1 unspecified atom stereocenters. The molecule has 0 aromatic rings. The molecule has 88 valence electrons. The van der Waals surface area contributed by atoms with E-state index in [2.05, 4.69) is 0 Å². The summed E-state index contributed by atoms with van der Waals surface area (Å²) in [6.07, 6.45) is 2.49. The molecular weight excluding hydrogens is 205 g/mol. The summed E-state index contributed by atoms with van der Waals surface area (Å²) in [5.41, 5.74) is 0. The topological polar surface area (TPSA) is 9.23 Å². The van der Waals surface area contributed by atoms with Crippen molar-refractivity contribution in [2.75, 3.05) is 0 Å². The van der Waals surface area contributed by atoms with Gasteiger partial charge in [-0.25, -0.2) is 0 Å². The second-order valence-electron chi connectivity index (χ2n) is 3.19. The van der Waals surface area contributed by atoms with E-state index in [0.717, 1.165) is 25.5 Å². The molecule has 4 heteroatoms. The maximum absolute atomic E-state index is 11.8. The molecule has 0 rings (SSSR count). The Morgan fingerprint density at radius 3 is 2.47 bits per heavy atom. The molecule has 15 heavy (non-hydrogen) atoms. The number of hydrogen-bond donors (Lipinski definition) is 0. The molecule has 0 aliphatic heterocycles. The van der Waals surface area contributed by atoms with Crippen LogP contribution >= 0.6 is 0 Å². The Morgan fingerprint density at radius 2 is 2.00 bits per heavy atom. The first-order valence-electron chi connectivity index (χ1n) is 5.02. The van der Waals surface area contributed by atoms with Gasteiger partial charge in [-0.15, -0.1) is 0 Å². The van der Waals surface area contributed by atoms with Crippen LogP contribution in [0.1, 0.15) is 33.1 Å². The highest BCUT2D eigenvalue weighted by molar-refractivity contribution is 4.90. The van der Waals surface area contributed by atoms with Crippen molar-refractivity contribution in [2.45, 2.75) is 45.4 Å². The van der Waals surface area contributed by atoms with Crippen LogP contribution in [0, 0.1) is 0 Å². The molecule has 0 heterocycles. The Balaban J connectivity index is 4.00. The summed E-state index contributed by atoms with van der Waals surface area (Å²) >= 11 is 0. The van der Waals surface area contributed by atoms with Crippen molar-refractivity contribution in [3.8, 4) is 0 Å². The van der Waals surface area contributed by atoms with Gasteiger partial charge in [0.25, 0.3) is 0 Å². The third-order valence-electron chi connectivity index (χ3n) is 1.76. The molecule has 0 saturated heterocycles. The highest BCUT2D eigenvalue weighted by Gasteiger charge is 2.22. The molecule has 0 saturated carbocycles. The third kappa shape index (κ3) is 9.38. The molecule has 0 radical (unpaired) electrons. The van der Waals surface area contributed by atoms with Gasteiger partial charge in [-0.2, -0.15) is 13.2 Å². The van der Waals surface area contributed by atoms with Gasteiger partial charge < -0.3 is 4.74 Å². The minimum absolute atomic E-state index is 0.107. The summed E-state index contributed by atoms with van der Waals surface area (Å²) in [5.74, 6) is 0. The van der Waals surface area contributed by atoms with E-state index in [0.29, 0.717) is 0 Å². The second-order valence-corrected chi connectivity index (χ2v) is 3.19. The molecular formula is C11H17F3O. The van der Waals surface area contributed by atoms with E-state index in [9.17, 15) is 13.2 Å². The van der Waals surface area contributed by atoms with E-state index < -0.39 is 6.18 Å². The van der Waals surface area contributed by atoms with Crippen LogP contribution in [0.3, 0.4) is 0 Å². The molecule has 0 N–H and O–H groups in total. The zero-order valence-electron chi connectivity index (χ0n) is 9.05. The Morgan fingerprint density at radius 1 is 1.33 bits per heavy atom. The van der Waals surface area contributed by atoms with Crippen LogP contribution in [0.5, 0.6) is 0 Å². The number of halogens is 3. The van der Waals surface area contributed by atoms with Crippen molar-refractivity contribution >= 4 is 0 Å². The number of hydrogen-bond acceptors (Lipinski definition) is 1. The number of rotatable bonds is 6. The summed E-state index contributed by atoms with van der Waals surface area (Å²) in [6.45, 7) is 3.84. The molecule has 0 fully saturated rings. The number of unbranched alkanes of at least 4 members (excludes halogenated alkanes) is 1. The lowest BCUT2D eigenvalue weighted by Gasteiger charge is -2.11. The molecule has 0 amide bonds. The van der Waals surface area contributed by atoms with Crippen molar-refractivity contribution < 1.29 is 17.9 Å². The molecule has 1 atom stereocenters. The lowest BCUT2D eigenvalue weighted by Crippen LogP contribution is -2.07. The smallest absolute Gasteiger partial charge is 0.412 e. The van der Waals surface area contributed by atoms with Gasteiger partial charge >= 0.3 is 6.18 Å². The lowest BCUT2D eigenvalue weighted by molar-refractivity contribution is -0.0819. The van der Waals surface area contributed by atoms with Gasteiger partial charge in [-0.3, -0.25) is 0 Å². The average Bonchev–Trinajstić information content (AvgIpc) is 2.12. The Kier molecular flexibility index (Phi) is 6.92. The average molecular weight is 222 g/mol. The Hall–Kier alpha value is -0.930. The summed E-state index contributed by atoms with van der Waals surface area (Å²) < 4.78 is 40.3. The summed E-state index contributed by atoms with van der Waals surface area (Å²) in [4.78, 5) is 0. The maximum Gasteiger partial charge on any atom is 0.412 e. The molecule has 1 nitrogen and oxygen atoms in total. The SMILES string of the molecule is C/C=C/C(CCCC)O/C=C/C(F)(F)F. The van der Waals surface area contributed by atoms with Crippen LogP contribution in [0.25, 0.3) is 0 Å². The van der Waals surface area contributed by atoms with Gasteiger partial charge in [-0.05, 0) is 25.8 Å². The normalized spacial score (nSPS) is 15.0.